The van der Waals surface area contributed by atoms with Crippen LogP contribution in [0, 0.1) is 0 Å². The van der Waals surface area contributed by atoms with Crippen LogP contribution in [0.4, 0.5) is 0 Å². The number of imidazole rings is 1. The van der Waals surface area contributed by atoms with Gasteiger partial charge in [0.05, 0.1) is 23.5 Å². The van der Waals surface area contributed by atoms with Crippen molar-refractivity contribution in [3.8, 4) is 0 Å². The van der Waals surface area contributed by atoms with Crippen LogP contribution in [0.15, 0.2) is 43.0 Å². The lowest BCUT2D eigenvalue weighted by Gasteiger charge is -2.32. The summed E-state index contributed by atoms with van der Waals surface area (Å²) in [4.78, 5) is 18.8. The molecule has 1 aromatic carbocycles. The molecule has 0 bridgehead atoms. The van der Waals surface area contributed by atoms with Crippen LogP contribution in [-0.4, -0.2) is 48.2 Å². The summed E-state index contributed by atoms with van der Waals surface area (Å²) >= 11 is 6.21. The van der Waals surface area contributed by atoms with Gasteiger partial charge in [-0.1, -0.05) is 23.7 Å². The molecule has 0 saturated carbocycles. The van der Waals surface area contributed by atoms with Gasteiger partial charge in [-0.2, -0.15) is 0 Å². The Kier molecular flexibility index (Phi) is 4.94. The van der Waals surface area contributed by atoms with E-state index in [1.807, 2.05) is 39.4 Å². The average molecular weight is 385 g/mol. The Hall–Kier alpha value is -2.67. The smallest absolute Gasteiger partial charge is 0.255 e. The number of amides is 1. The summed E-state index contributed by atoms with van der Waals surface area (Å²) in [5, 5.41) is 9.26. The third-order valence-electron chi connectivity index (χ3n) is 5.06. The van der Waals surface area contributed by atoms with E-state index in [-0.39, 0.29) is 11.8 Å². The van der Waals surface area contributed by atoms with Crippen LogP contribution in [0.5, 0.6) is 0 Å². The van der Waals surface area contributed by atoms with Gasteiger partial charge in [-0.15, -0.1) is 10.2 Å². The number of benzene rings is 1. The second kappa shape index (κ2) is 7.52. The molecule has 8 heteroatoms. The first-order valence-corrected chi connectivity index (χ1v) is 9.39. The topological polar surface area (TPSA) is 68.8 Å². The zero-order chi connectivity index (χ0) is 18.8. The molecular weight excluding hydrogens is 364 g/mol. The van der Waals surface area contributed by atoms with Gasteiger partial charge in [-0.3, -0.25) is 4.79 Å². The summed E-state index contributed by atoms with van der Waals surface area (Å²) in [6, 6.07) is 7.20. The molecule has 27 heavy (non-hydrogen) atoms. The molecule has 0 N–H and O–H groups in total. The first-order valence-electron chi connectivity index (χ1n) is 9.01. The van der Waals surface area contributed by atoms with Crippen LogP contribution in [0.1, 0.15) is 40.8 Å². The maximum atomic E-state index is 12.9. The minimum atomic E-state index is -0.0221. The highest BCUT2D eigenvalue weighted by Crippen LogP contribution is 2.28. The van der Waals surface area contributed by atoms with Gasteiger partial charge in [-0.25, -0.2) is 4.98 Å². The molecule has 1 amide bonds. The van der Waals surface area contributed by atoms with E-state index in [9.17, 15) is 4.79 Å². The van der Waals surface area contributed by atoms with Gasteiger partial charge in [0.2, 0.25) is 0 Å². The number of piperidine rings is 1. The van der Waals surface area contributed by atoms with Gasteiger partial charge in [0.25, 0.3) is 5.91 Å². The van der Waals surface area contributed by atoms with E-state index in [0.29, 0.717) is 23.7 Å². The van der Waals surface area contributed by atoms with E-state index in [2.05, 4.69) is 15.2 Å². The Morgan fingerprint density at radius 2 is 2.15 bits per heavy atom. The normalized spacial score (nSPS) is 17.3. The summed E-state index contributed by atoms with van der Waals surface area (Å²) in [7, 11) is 1.98. The van der Waals surface area contributed by atoms with Crippen molar-refractivity contribution in [2.45, 2.75) is 25.3 Å². The Labute approximate surface area is 162 Å². The fourth-order valence-electron chi connectivity index (χ4n) is 3.59. The zero-order valence-corrected chi connectivity index (χ0v) is 15.9. The third kappa shape index (κ3) is 3.60. The number of hydrogen-bond donors (Lipinski definition) is 0. The van der Waals surface area contributed by atoms with Crippen LogP contribution in [-0.2, 0) is 13.6 Å². The Morgan fingerprint density at radius 3 is 2.93 bits per heavy atom. The molecule has 3 heterocycles. The maximum absolute atomic E-state index is 12.9. The predicted octanol–water partition coefficient (Wildman–Crippen LogP) is 2.73. The second-order valence-corrected chi connectivity index (χ2v) is 7.25. The quantitative estimate of drug-likeness (QED) is 0.693. The summed E-state index contributed by atoms with van der Waals surface area (Å²) < 4.78 is 4.00. The molecule has 1 fully saturated rings. The molecule has 1 aliphatic rings. The van der Waals surface area contributed by atoms with Crippen molar-refractivity contribution in [3.63, 3.8) is 0 Å². The molecule has 0 aliphatic carbocycles. The highest BCUT2D eigenvalue weighted by molar-refractivity contribution is 6.33. The fraction of sp³-hybridized carbons (Fsp3) is 0.368. The van der Waals surface area contributed by atoms with Crippen molar-refractivity contribution in [3.05, 3.63) is 65.2 Å². The molecular formula is C19H21ClN6O. The summed E-state index contributed by atoms with van der Waals surface area (Å²) in [6.07, 6.45) is 7.34. The fourth-order valence-corrected chi connectivity index (χ4v) is 3.81. The number of carbonyl (C=O) groups is 1. The van der Waals surface area contributed by atoms with Crippen LogP contribution in [0.25, 0.3) is 0 Å². The summed E-state index contributed by atoms with van der Waals surface area (Å²) in [5.74, 6) is 1.93. The van der Waals surface area contributed by atoms with Crippen LogP contribution >= 0.6 is 11.6 Å². The first-order chi connectivity index (χ1) is 13.1. The zero-order valence-electron chi connectivity index (χ0n) is 15.1. The Bertz CT molecular complexity index is 936. The molecule has 3 aromatic rings. The van der Waals surface area contributed by atoms with Gasteiger partial charge >= 0.3 is 0 Å². The number of carbonyl (C=O) groups excluding carboxylic acids is 1. The number of rotatable bonds is 4. The molecule has 0 spiro atoms. The van der Waals surface area contributed by atoms with E-state index in [1.165, 1.54) is 0 Å². The summed E-state index contributed by atoms with van der Waals surface area (Å²) in [6.45, 7) is 1.99. The summed E-state index contributed by atoms with van der Waals surface area (Å²) in [5.41, 5.74) is 0.554. The SMILES string of the molecule is Cn1c(Cn2ccnc2)nnc1[C@H]1CCCN(C(=O)c2ccccc2Cl)C1. The van der Waals surface area contributed by atoms with Gasteiger partial charge in [-0.05, 0) is 25.0 Å². The lowest BCUT2D eigenvalue weighted by atomic mass is 9.96. The Morgan fingerprint density at radius 1 is 1.30 bits per heavy atom. The predicted molar refractivity (Wildman–Crippen MR) is 102 cm³/mol. The van der Waals surface area contributed by atoms with E-state index < -0.39 is 0 Å². The van der Waals surface area contributed by atoms with Crippen LogP contribution in [0.3, 0.4) is 0 Å². The highest BCUT2D eigenvalue weighted by atomic mass is 35.5. The van der Waals surface area contributed by atoms with Crippen LogP contribution < -0.4 is 0 Å². The number of nitrogens with zero attached hydrogens (tertiary/aromatic N) is 6. The molecule has 0 unspecified atom stereocenters. The number of likely N-dealkylation sites (tertiary alicyclic amines) is 1. The minimum absolute atomic E-state index is 0.0221. The standard InChI is InChI=1S/C19H21ClN6O/c1-24-17(12-25-10-8-21-13-25)22-23-18(24)14-5-4-9-26(11-14)19(27)15-6-2-3-7-16(15)20/h2-3,6-8,10,13-14H,4-5,9,11-12H2,1H3/t14-/m0/s1. The van der Waals surface area contributed by atoms with Gasteiger partial charge in [0.15, 0.2) is 5.82 Å². The molecule has 140 valence electrons. The lowest BCUT2D eigenvalue weighted by Crippen LogP contribution is -2.39. The van der Waals surface area contributed by atoms with Gasteiger partial charge in [0, 0.05) is 38.4 Å². The first kappa shape index (κ1) is 17.7. The molecule has 1 saturated heterocycles. The van der Waals surface area contributed by atoms with E-state index in [1.54, 1.807) is 24.7 Å². The van der Waals surface area contributed by atoms with E-state index in [0.717, 1.165) is 31.0 Å². The third-order valence-corrected chi connectivity index (χ3v) is 5.39. The van der Waals surface area contributed by atoms with E-state index in [4.69, 9.17) is 11.6 Å². The highest BCUT2D eigenvalue weighted by Gasteiger charge is 2.29. The number of hydrogen-bond acceptors (Lipinski definition) is 4. The molecule has 2 aromatic heterocycles. The number of aromatic nitrogens is 5. The number of halogens is 1. The average Bonchev–Trinajstić information content (AvgIpc) is 3.32. The van der Waals surface area contributed by atoms with Gasteiger partial charge < -0.3 is 14.0 Å². The maximum Gasteiger partial charge on any atom is 0.255 e. The van der Waals surface area contributed by atoms with Crippen molar-refractivity contribution in [2.75, 3.05) is 13.1 Å². The Balaban J connectivity index is 1.51. The van der Waals surface area contributed by atoms with Crippen molar-refractivity contribution < 1.29 is 4.79 Å². The van der Waals surface area contributed by atoms with Crippen LogP contribution in [0.2, 0.25) is 5.02 Å². The second-order valence-electron chi connectivity index (χ2n) is 6.84. The molecule has 1 aliphatic heterocycles. The molecule has 4 rings (SSSR count). The minimum Gasteiger partial charge on any atom is -0.338 e. The molecule has 7 nitrogen and oxygen atoms in total. The monoisotopic (exact) mass is 384 g/mol. The lowest BCUT2D eigenvalue weighted by molar-refractivity contribution is 0.0703. The van der Waals surface area contributed by atoms with Gasteiger partial charge in [0.1, 0.15) is 5.82 Å². The molecule has 0 radical (unpaired) electrons. The van der Waals surface area contributed by atoms with Crippen molar-refractivity contribution >= 4 is 17.5 Å². The van der Waals surface area contributed by atoms with Crippen molar-refractivity contribution in [1.82, 2.24) is 29.2 Å². The molecule has 1 atom stereocenters. The van der Waals surface area contributed by atoms with E-state index >= 15 is 0 Å². The van der Waals surface area contributed by atoms with Crippen molar-refractivity contribution in [2.24, 2.45) is 7.05 Å². The largest absolute Gasteiger partial charge is 0.338 e. The van der Waals surface area contributed by atoms with Crippen molar-refractivity contribution in [1.29, 1.82) is 0 Å².